The van der Waals surface area contributed by atoms with Crippen LogP contribution in [0.5, 0.6) is 0 Å². The van der Waals surface area contributed by atoms with Crippen molar-refractivity contribution in [1.29, 1.82) is 0 Å². The molecule has 1 N–H and O–H groups in total. The molecule has 0 aliphatic heterocycles. The summed E-state index contributed by atoms with van der Waals surface area (Å²) in [6, 6.07) is 4.55. The van der Waals surface area contributed by atoms with Crippen LogP contribution in [0.3, 0.4) is 0 Å². The van der Waals surface area contributed by atoms with Crippen LogP contribution in [0.1, 0.15) is 39.4 Å². The van der Waals surface area contributed by atoms with Crippen molar-refractivity contribution in [2.24, 2.45) is 0 Å². The maximum absolute atomic E-state index is 4.54. The first-order valence-electron chi connectivity index (χ1n) is 6.67. The lowest BCUT2D eigenvalue weighted by atomic mass is 10.2. The van der Waals surface area contributed by atoms with E-state index in [1.54, 1.807) is 0 Å². The fourth-order valence-electron chi connectivity index (χ4n) is 1.96. The molecule has 0 aliphatic rings. The van der Waals surface area contributed by atoms with Gasteiger partial charge in [0.15, 0.2) is 0 Å². The monoisotopic (exact) mass is 247 g/mol. The predicted molar refractivity (Wildman–Crippen MR) is 79.0 cm³/mol. The fraction of sp³-hybridized carbons (Fsp3) is 0.533. The van der Waals surface area contributed by atoms with Crippen LogP contribution in [0.15, 0.2) is 30.5 Å². The zero-order valence-electron chi connectivity index (χ0n) is 12.0. The number of nitrogens with zero attached hydrogens (tertiary/aromatic N) is 2. The van der Waals surface area contributed by atoms with Gasteiger partial charge in [0.1, 0.15) is 0 Å². The number of rotatable bonds is 7. The van der Waals surface area contributed by atoms with Crippen LogP contribution in [0.2, 0.25) is 0 Å². The van der Waals surface area contributed by atoms with Gasteiger partial charge in [0.05, 0.1) is 17.6 Å². The average Bonchev–Trinajstić information content (AvgIpc) is 2.36. The molecule has 0 spiro atoms. The minimum absolute atomic E-state index is 0.306. The van der Waals surface area contributed by atoms with E-state index in [0.29, 0.717) is 6.04 Å². The molecule has 100 valence electrons. The molecule has 1 aromatic heterocycles. The second-order valence-electron chi connectivity index (χ2n) is 4.69. The van der Waals surface area contributed by atoms with E-state index in [9.17, 15) is 0 Å². The van der Waals surface area contributed by atoms with E-state index >= 15 is 0 Å². The van der Waals surface area contributed by atoms with Crippen LogP contribution in [-0.2, 0) is 0 Å². The van der Waals surface area contributed by atoms with Crippen LogP contribution in [0.25, 0.3) is 0 Å². The molecule has 1 heterocycles. The highest BCUT2D eigenvalue weighted by Crippen LogP contribution is 2.17. The van der Waals surface area contributed by atoms with Crippen molar-refractivity contribution in [1.82, 2.24) is 10.3 Å². The van der Waals surface area contributed by atoms with Gasteiger partial charge in [-0.25, -0.2) is 0 Å². The number of hydrogen-bond donors (Lipinski definition) is 1. The Bertz CT molecular complexity index is 370. The molecule has 0 radical (unpaired) electrons. The molecular weight excluding hydrogens is 222 g/mol. The van der Waals surface area contributed by atoms with Crippen LogP contribution < -0.4 is 10.2 Å². The summed E-state index contributed by atoms with van der Waals surface area (Å²) in [6.45, 7) is 15.2. The van der Waals surface area contributed by atoms with E-state index in [1.165, 1.54) is 5.57 Å². The second kappa shape index (κ2) is 7.17. The third kappa shape index (κ3) is 4.15. The van der Waals surface area contributed by atoms with Gasteiger partial charge in [0.2, 0.25) is 0 Å². The Hall–Kier alpha value is -1.35. The van der Waals surface area contributed by atoms with E-state index in [2.05, 4.69) is 61.6 Å². The molecule has 3 nitrogen and oxygen atoms in total. The minimum Gasteiger partial charge on any atom is -0.367 e. The fourth-order valence-corrected chi connectivity index (χ4v) is 1.96. The minimum atomic E-state index is 0.306. The highest BCUT2D eigenvalue weighted by molar-refractivity contribution is 5.45. The molecule has 0 aromatic carbocycles. The van der Waals surface area contributed by atoms with Crippen molar-refractivity contribution >= 4 is 5.69 Å². The number of hydrogen-bond acceptors (Lipinski definition) is 3. The Morgan fingerprint density at radius 1 is 1.44 bits per heavy atom. The number of aromatic nitrogens is 1. The highest BCUT2D eigenvalue weighted by Gasteiger charge is 2.08. The summed E-state index contributed by atoms with van der Waals surface area (Å²) in [7, 11) is 0. The van der Waals surface area contributed by atoms with Crippen molar-refractivity contribution in [3.8, 4) is 0 Å². The molecule has 0 saturated carbocycles. The zero-order valence-corrected chi connectivity index (χ0v) is 12.0. The van der Waals surface area contributed by atoms with E-state index in [4.69, 9.17) is 0 Å². The van der Waals surface area contributed by atoms with Crippen LogP contribution in [-0.4, -0.2) is 24.6 Å². The summed E-state index contributed by atoms with van der Waals surface area (Å²) in [5.41, 5.74) is 3.42. The molecule has 1 aromatic rings. The summed E-state index contributed by atoms with van der Waals surface area (Å²) < 4.78 is 0. The maximum Gasteiger partial charge on any atom is 0.0572 e. The molecule has 0 saturated heterocycles. The Morgan fingerprint density at radius 2 is 2.17 bits per heavy atom. The Labute approximate surface area is 111 Å². The van der Waals surface area contributed by atoms with E-state index < -0.39 is 0 Å². The van der Waals surface area contributed by atoms with Crippen LogP contribution in [0.4, 0.5) is 5.69 Å². The van der Waals surface area contributed by atoms with Gasteiger partial charge in [-0.15, -0.1) is 0 Å². The Morgan fingerprint density at radius 3 is 2.61 bits per heavy atom. The van der Waals surface area contributed by atoms with Crippen molar-refractivity contribution < 1.29 is 0 Å². The standard InChI is InChI=1S/C15H25N3/c1-6-16-13(5)15-9-8-14(10-17-15)18(7-2)11-12(3)4/h8-10,13,16H,3,6-7,11H2,1-2,4-5H3. The summed E-state index contributed by atoms with van der Waals surface area (Å²) in [4.78, 5) is 6.81. The molecule has 3 heteroatoms. The number of nitrogens with one attached hydrogen (secondary N) is 1. The second-order valence-corrected chi connectivity index (χ2v) is 4.69. The van der Waals surface area contributed by atoms with Crippen molar-refractivity contribution in [2.75, 3.05) is 24.5 Å². The molecule has 0 aliphatic carbocycles. The molecular formula is C15H25N3. The van der Waals surface area contributed by atoms with Gasteiger partial charge in [-0.1, -0.05) is 19.1 Å². The molecule has 1 rings (SSSR count). The third-order valence-electron chi connectivity index (χ3n) is 2.93. The molecule has 1 unspecified atom stereocenters. The van der Waals surface area contributed by atoms with E-state index in [0.717, 1.165) is 31.0 Å². The Balaban J connectivity index is 2.77. The number of likely N-dealkylation sites (N-methyl/N-ethyl adjacent to an activating group) is 1. The van der Waals surface area contributed by atoms with Gasteiger partial charge in [-0.05, 0) is 39.4 Å². The van der Waals surface area contributed by atoms with Crippen LogP contribution in [0, 0.1) is 0 Å². The lowest BCUT2D eigenvalue weighted by molar-refractivity contribution is 0.583. The zero-order chi connectivity index (χ0) is 13.5. The van der Waals surface area contributed by atoms with Gasteiger partial charge in [0.25, 0.3) is 0 Å². The topological polar surface area (TPSA) is 28.2 Å². The smallest absolute Gasteiger partial charge is 0.0572 e. The quantitative estimate of drug-likeness (QED) is 0.750. The first kappa shape index (κ1) is 14.7. The predicted octanol–water partition coefficient (Wildman–Crippen LogP) is 3.15. The SMILES string of the molecule is C=C(C)CN(CC)c1ccc(C(C)NCC)nc1. The molecule has 1 atom stereocenters. The van der Waals surface area contributed by atoms with Crippen molar-refractivity contribution in [2.45, 2.75) is 33.7 Å². The average molecular weight is 247 g/mol. The molecule has 0 bridgehead atoms. The van der Waals surface area contributed by atoms with E-state index in [1.807, 2.05) is 6.20 Å². The lowest BCUT2D eigenvalue weighted by Crippen LogP contribution is -2.25. The number of anilines is 1. The van der Waals surface area contributed by atoms with Gasteiger partial charge < -0.3 is 10.2 Å². The summed E-state index contributed by atoms with van der Waals surface area (Å²) in [5, 5.41) is 3.37. The van der Waals surface area contributed by atoms with E-state index in [-0.39, 0.29) is 0 Å². The van der Waals surface area contributed by atoms with Crippen LogP contribution >= 0.6 is 0 Å². The summed E-state index contributed by atoms with van der Waals surface area (Å²) in [5.74, 6) is 0. The van der Waals surface area contributed by atoms with Crippen molar-refractivity contribution in [3.63, 3.8) is 0 Å². The van der Waals surface area contributed by atoms with Gasteiger partial charge in [0, 0.05) is 19.1 Å². The van der Waals surface area contributed by atoms with Gasteiger partial charge in [-0.2, -0.15) is 0 Å². The third-order valence-corrected chi connectivity index (χ3v) is 2.93. The Kier molecular flexibility index (Phi) is 5.86. The largest absolute Gasteiger partial charge is 0.367 e. The maximum atomic E-state index is 4.54. The normalized spacial score (nSPS) is 12.2. The molecule has 0 amide bonds. The lowest BCUT2D eigenvalue weighted by Gasteiger charge is -2.23. The van der Waals surface area contributed by atoms with Crippen molar-refractivity contribution in [3.05, 3.63) is 36.2 Å². The van der Waals surface area contributed by atoms with Gasteiger partial charge in [-0.3, -0.25) is 4.98 Å². The summed E-state index contributed by atoms with van der Waals surface area (Å²) in [6.07, 6.45) is 1.95. The number of pyridine rings is 1. The molecule has 18 heavy (non-hydrogen) atoms. The first-order valence-corrected chi connectivity index (χ1v) is 6.67. The molecule has 0 fully saturated rings. The highest BCUT2D eigenvalue weighted by atomic mass is 15.1. The summed E-state index contributed by atoms with van der Waals surface area (Å²) >= 11 is 0. The first-order chi connectivity index (χ1) is 8.58. The van der Waals surface area contributed by atoms with Gasteiger partial charge >= 0.3 is 0 Å².